The number of anilines is 1. The second kappa shape index (κ2) is 10.4. The lowest BCUT2D eigenvalue weighted by atomic mass is 10.1. The first-order chi connectivity index (χ1) is 16.8. The van der Waals surface area contributed by atoms with Crippen LogP contribution in [0.2, 0.25) is 5.02 Å². The molecule has 3 aromatic rings. The van der Waals surface area contributed by atoms with Crippen molar-refractivity contribution < 1.29 is 19.3 Å². The van der Waals surface area contributed by atoms with Crippen molar-refractivity contribution in [2.45, 2.75) is 18.9 Å². The zero-order valence-electron chi connectivity index (χ0n) is 18.3. The second-order valence-electron chi connectivity index (χ2n) is 7.92. The van der Waals surface area contributed by atoms with Gasteiger partial charge in [0.25, 0.3) is 17.5 Å². The van der Waals surface area contributed by atoms with Gasteiger partial charge >= 0.3 is 0 Å². The number of hydrogen-bond donors (Lipinski definition) is 0. The fourth-order valence-corrected chi connectivity index (χ4v) is 4.42. The summed E-state index contributed by atoms with van der Waals surface area (Å²) in [4.78, 5) is 52.9. The van der Waals surface area contributed by atoms with E-state index in [9.17, 15) is 24.5 Å². The van der Waals surface area contributed by atoms with Gasteiger partial charge in [-0.25, -0.2) is 4.90 Å². The lowest BCUT2D eigenvalue weighted by Crippen LogP contribution is -2.46. The third-order valence-electron chi connectivity index (χ3n) is 5.72. The van der Waals surface area contributed by atoms with E-state index in [2.05, 4.69) is 15.9 Å². The molecule has 10 heteroatoms. The van der Waals surface area contributed by atoms with Gasteiger partial charge < -0.3 is 4.90 Å². The van der Waals surface area contributed by atoms with Crippen molar-refractivity contribution in [3.05, 3.63) is 104 Å². The van der Waals surface area contributed by atoms with Crippen LogP contribution in [0.15, 0.2) is 77.3 Å². The Morgan fingerprint density at radius 3 is 2.43 bits per heavy atom. The summed E-state index contributed by atoms with van der Waals surface area (Å²) in [6, 6.07) is 18.8. The van der Waals surface area contributed by atoms with E-state index in [-0.39, 0.29) is 23.6 Å². The summed E-state index contributed by atoms with van der Waals surface area (Å²) in [7, 11) is 0. The Morgan fingerprint density at radius 1 is 1.09 bits per heavy atom. The molecule has 0 aromatic heterocycles. The Morgan fingerprint density at radius 2 is 1.77 bits per heavy atom. The fraction of sp³-hybridized carbons (Fsp3) is 0.160. The quantitative estimate of drug-likeness (QED) is 0.231. The van der Waals surface area contributed by atoms with Crippen molar-refractivity contribution in [1.29, 1.82) is 0 Å². The van der Waals surface area contributed by atoms with Gasteiger partial charge in [-0.15, -0.1) is 0 Å². The van der Waals surface area contributed by atoms with Crippen LogP contribution in [0.5, 0.6) is 0 Å². The number of imide groups is 1. The normalized spacial score (nSPS) is 15.4. The highest BCUT2D eigenvalue weighted by atomic mass is 79.9. The average molecular weight is 557 g/mol. The molecule has 0 saturated carbocycles. The molecule has 1 aliphatic rings. The van der Waals surface area contributed by atoms with Gasteiger partial charge in [0.2, 0.25) is 5.91 Å². The van der Waals surface area contributed by atoms with Crippen molar-refractivity contribution in [2.24, 2.45) is 0 Å². The van der Waals surface area contributed by atoms with Crippen molar-refractivity contribution >= 4 is 56.6 Å². The molecule has 178 valence electrons. The molecule has 0 bridgehead atoms. The summed E-state index contributed by atoms with van der Waals surface area (Å²) >= 11 is 9.24. The Hall–Kier alpha value is -3.56. The third-order valence-corrected chi connectivity index (χ3v) is 6.57. The van der Waals surface area contributed by atoms with Gasteiger partial charge in [0, 0.05) is 22.6 Å². The van der Waals surface area contributed by atoms with Gasteiger partial charge in [-0.05, 0) is 48.4 Å². The van der Waals surface area contributed by atoms with Crippen LogP contribution in [0.3, 0.4) is 0 Å². The predicted octanol–water partition coefficient (Wildman–Crippen LogP) is 5.03. The first-order valence-electron chi connectivity index (χ1n) is 10.7. The Labute approximate surface area is 214 Å². The van der Waals surface area contributed by atoms with Gasteiger partial charge in [-0.2, -0.15) is 0 Å². The highest BCUT2D eigenvalue weighted by Gasteiger charge is 2.44. The van der Waals surface area contributed by atoms with Crippen LogP contribution in [0.1, 0.15) is 22.3 Å². The van der Waals surface area contributed by atoms with Gasteiger partial charge in [0.1, 0.15) is 11.1 Å². The number of amides is 3. The molecule has 0 radical (unpaired) electrons. The number of rotatable bonds is 7. The van der Waals surface area contributed by atoms with Gasteiger partial charge in [0.05, 0.1) is 17.0 Å². The highest BCUT2D eigenvalue weighted by molar-refractivity contribution is 9.10. The van der Waals surface area contributed by atoms with Gasteiger partial charge in [-0.3, -0.25) is 24.5 Å². The zero-order chi connectivity index (χ0) is 25.1. The number of benzene rings is 3. The second-order valence-corrected chi connectivity index (χ2v) is 9.24. The smallest absolute Gasteiger partial charge is 0.288 e. The van der Waals surface area contributed by atoms with E-state index >= 15 is 0 Å². The molecule has 0 spiro atoms. The zero-order valence-corrected chi connectivity index (χ0v) is 20.6. The monoisotopic (exact) mass is 555 g/mol. The van der Waals surface area contributed by atoms with Crippen LogP contribution in [0, 0.1) is 10.1 Å². The molecule has 35 heavy (non-hydrogen) atoms. The summed E-state index contributed by atoms with van der Waals surface area (Å²) in [6.45, 7) is 0.136. The van der Waals surface area contributed by atoms with E-state index in [1.54, 1.807) is 24.3 Å². The summed E-state index contributed by atoms with van der Waals surface area (Å²) in [5.74, 6) is -1.55. The molecular formula is C25H19BrClN3O5. The van der Waals surface area contributed by atoms with E-state index in [0.717, 1.165) is 21.0 Å². The molecule has 1 heterocycles. The molecule has 1 atom stereocenters. The fourth-order valence-electron chi connectivity index (χ4n) is 3.97. The standard InChI is InChI=1S/C25H19BrClN3O5/c26-18-7-9-19(10-8-18)29-23(31)15-22(25(29)33)28(13-12-16-4-2-1-3-5-16)24(32)17-6-11-20(27)21(14-17)30(34)35/h1-11,14,22H,12-13,15H2. The minimum absolute atomic E-state index is 0.0107. The van der Waals surface area contributed by atoms with Crippen LogP contribution in [-0.2, 0) is 16.0 Å². The average Bonchev–Trinajstić information content (AvgIpc) is 3.14. The third kappa shape index (κ3) is 5.26. The largest absolute Gasteiger partial charge is 0.326 e. The summed E-state index contributed by atoms with van der Waals surface area (Å²) in [5, 5.41) is 11.2. The van der Waals surface area contributed by atoms with Gasteiger partial charge in [-0.1, -0.05) is 57.9 Å². The molecule has 1 unspecified atom stereocenters. The lowest BCUT2D eigenvalue weighted by molar-refractivity contribution is -0.384. The number of nitrogens with zero attached hydrogens (tertiary/aromatic N) is 3. The first-order valence-corrected chi connectivity index (χ1v) is 11.8. The molecule has 0 aliphatic carbocycles. The van der Waals surface area contributed by atoms with Crippen molar-refractivity contribution in [3.63, 3.8) is 0 Å². The van der Waals surface area contributed by atoms with Crippen LogP contribution in [0.25, 0.3) is 0 Å². The van der Waals surface area contributed by atoms with Crippen molar-refractivity contribution in [1.82, 2.24) is 4.90 Å². The Balaban J connectivity index is 1.67. The number of nitro groups is 1. The predicted molar refractivity (Wildman–Crippen MR) is 134 cm³/mol. The topological polar surface area (TPSA) is 101 Å². The summed E-state index contributed by atoms with van der Waals surface area (Å²) < 4.78 is 0.792. The minimum Gasteiger partial charge on any atom is -0.326 e. The summed E-state index contributed by atoms with van der Waals surface area (Å²) in [5.41, 5.74) is 0.944. The maximum absolute atomic E-state index is 13.6. The van der Waals surface area contributed by atoms with Crippen LogP contribution < -0.4 is 4.90 Å². The number of nitro benzene ring substituents is 1. The van der Waals surface area contributed by atoms with Crippen LogP contribution >= 0.6 is 27.5 Å². The SMILES string of the molecule is O=C1CC(N(CCc2ccccc2)C(=O)c2ccc(Cl)c([N+](=O)[O-])c2)C(=O)N1c1ccc(Br)cc1. The maximum atomic E-state index is 13.6. The van der Waals surface area contributed by atoms with Crippen molar-refractivity contribution in [3.8, 4) is 0 Å². The molecule has 0 N–H and O–H groups in total. The van der Waals surface area contributed by atoms with Crippen molar-refractivity contribution in [2.75, 3.05) is 11.4 Å². The number of halogens is 2. The molecule has 1 fully saturated rings. The molecule has 1 saturated heterocycles. The lowest BCUT2D eigenvalue weighted by Gasteiger charge is -2.28. The molecule has 8 nitrogen and oxygen atoms in total. The maximum Gasteiger partial charge on any atom is 0.288 e. The number of hydrogen-bond acceptors (Lipinski definition) is 5. The molecule has 1 aliphatic heterocycles. The van der Waals surface area contributed by atoms with E-state index in [0.29, 0.717) is 12.1 Å². The molecular weight excluding hydrogens is 538 g/mol. The summed E-state index contributed by atoms with van der Waals surface area (Å²) in [6.07, 6.45) is 0.240. The number of carbonyl (C=O) groups excluding carboxylic acids is 3. The minimum atomic E-state index is -1.04. The molecule has 4 rings (SSSR count). The Kier molecular flexibility index (Phi) is 7.28. The van der Waals surface area contributed by atoms with E-state index < -0.39 is 34.4 Å². The molecule has 3 aromatic carbocycles. The molecule has 3 amide bonds. The van der Waals surface area contributed by atoms with E-state index in [4.69, 9.17) is 11.6 Å². The van der Waals surface area contributed by atoms with Gasteiger partial charge in [0.15, 0.2) is 0 Å². The first kappa shape index (κ1) is 24.6. The number of carbonyl (C=O) groups is 3. The van der Waals surface area contributed by atoms with E-state index in [1.165, 1.54) is 17.0 Å². The van der Waals surface area contributed by atoms with E-state index in [1.807, 2.05) is 30.3 Å². The Bertz CT molecular complexity index is 1300. The van der Waals surface area contributed by atoms with Crippen LogP contribution in [0.4, 0.5) is 11.4 Å². The van der Waals surface area contributed by atoms with Crippen LogP contribution in [-0.4, -0.2) is 40.1 Å². The highest BCUT2D eigenvalue weighted by Crippen LogP contribution is 2.30.